The third kappa shape index (κ3) is 6.47. The minimum absolute atomic E-state index is 0.0401. The molecular formula is C28H39ClN6OS. The molecule has 1 aliphatic carbocycles. The van der Waals surface area contributed by atoms with E-state index in [9.17, 15) is 0 Å². The van der Waals surface area contributed by atoms with E-state index in [4.69, 9.17) is 38.5 Å². The molecule has 0 unspecified atom stereocenters. The van der Waals surface area contributed by atoms with Gasteiger partial charge in [-0.3, -0.25) is 0 Å². The maximum absolute atomic E-state index is 6.34. The summed E-state index contributed by atoms with van der Waals surface area (Å²) >= 11 is 12.1. The fraction of sp³-hybridized carbons (Fsp3) is 0.607. The molecule has 2 saturated heterocycles. The average Bonchev–Trinajstić information content (AvgIpc) is 3.38. The molecule has 2 aliphatic heterocycles. The van der Waals surface area contributed by atoms with E-state index in [1.807, 2.05) is 12.1 Å². The van der Waals surface area contributed by atoms with Gasteiger partial charge in [-0.25, -0.2) is 0 Å². The molecule has 1 saturated carbocycles. The number of morpholine rings is 1. The van der Waals surface area contributed by atoms with Crippen molar-refractivity contribution in [2.75, 3.05) is 61.1 Å². The van der Waals surface area contributed by atoms with E-state index in [-0.39, 0.29) is 5.41 Å². The van der Waals surface area contributed by atoms with Gasteiger partial charge in [0, 0.05) is 49.2 Å². The van der Waals surface area contributed by atoms with E-state index in [1.165, 1.54) is 24.8 Å². The number of hydrogen-bond acceptors (Lipinski definition) is 6. The number of nitrogens with one attached hydrogen (secondary N) is 2. The minimum Gasteiger partial charge on any atom is -0.378 e. The molecule has 0 bridgehead atoms. The normalized spacial score (nSPS) is 23.6. The first kappa shape index (κ1) is 26.4. The SMILES string of the molecule is C[C@H]1C[C@H](C)CN(c2cc(N3CCOCC3)nc(NC(=S)NCC3(c4cccc(Cl)c4)CCCC3)n2)C1. The lowest BCUT2D eigenvalue weighted by atomic mass is 9.79. The van der Waals surface area contributed by atoms with Crippen molar-refractivity contribution in [2.45, 2.75) is 51.4 Å². The van der Waals surface area contributed by atoms with Crippen molar-refractivity contribution in [1.82, 2.24) is 15.3 Å². The number of thiocarbonyl (C=S) groups is 1. The molecule has 2 atom stereocenters. The zero-order valence-corrected chi connectivity index (χ0v) is 23.6. The summed E-state index contributed by atoms with van der Waals surface area (Å²) in [4.78, 5) is 14.5. The van der Waals surface area contributed by atoms with Crippen molar-refractivity contribution < 1.29 is 4.74 Å². The van der Waals surface area contributed by atoms with Crippen LogP contribution in [0.3, 0.4) is 0 Å². The second-order valence-electron chi connectivity index (χ2n) is 11.2. The predicted molar refractivity (Wildman–Crippen MR) is 156 cm³/mol. The van der Waals surface area contributed by atoms with Gasteiger partial charge < -0.3 is 25.2 Å². The van der Waals surface area contributed by atoms with Gasteiger partial charge in [-0.15, -0.1) is 0 Å². The third-order valence-electron chi connectivity index (χ3n) is 8.04. The maximum Gasteiger partial charge on any atom is 0.232 e. The second-order valence-corrected chi connectivity index (χ2v) is 12.0. The van der Waals surface area contributed by atoms with Crippen molar-refractivity contribution in [3.05, 3.63) is 40.9 Å². The van der Waals surface area contributed by atoms with Crippen molar-refractivity contribution in [3.63, 3.8) is 0 Å². The first-order valence-electron chi connectivity index (χ1n) is 13.7. The summed E-state index contributed by atoms with van der Waals surface area (Å²) in [6.07, 6.45) is 5.94. The molecule has 5 rings (SSSR count). The van der Waals surface area contributed by atoms with Crippen LogP contribution in [0.1, 0.15) is 51.5 Å². The molecular weight excluding hydrogens is 504 g/mol. The summed E-state index contributed by atoms with van der Waals surface area (Å²) in [5.41, 5.74) is 1.33. The zero-order chi connectivity index (χ0) is 25.8. The van der Waals surface area contributed by atoms with E-state index in [1.54, 1.807) is 0 Å². The number of aromatic nitrogens is 2. The highest BCUT2D eigenvalue weighted by molar-refractivity contribution is 7.80. The molecule has 7 nitrogen and oxygen atoms in total. The number of hydrogen-bond donors (Lipinski definition) is 2. The Morgan fingerprint density at radius 3 is 2.41 bits per heavy atom. The monoisotopic (exact) mass is 542 g/mol. The van der Waals surface area contributed by atoms with Gasteiger partial charge in [0.15, 0.2) is 5.11 Å². The molecule has 3 aliphatic rings. The summed E-state index contributed by atoms with van der Waals surface area (Å²) in [6.45, 7) is 10.5. The predicted octanol–water partition coefficient (Wildman–Crippen LogP) is 5.25. The Kier molecular flexibility index (Phi) is 8.37. The number of nitrogens with zero attached hydrogens (tertiary/aromatic N) is 4. The Morgan fingerprint density at radius 2 is 1.73 bits per heavy atom. The van der Waals surface area contributed by atoms with Crippen LogP contribution in [0.2, 0.25) is 5.02 Å². The number of rotatable bonds is 6. The summed E-state index contributed by atoms with van der Waals surface area (Å²) < 4.78 is 5.57. The summed E-state index contributed by atoms with van der Waals surface area (Å²) in [7, 11) is 0. The van der Waals surface area contributed by atoms with Gasteiger partial charge in [0.1, 0.15) is 11.6 Å². The Labute approximate surface area is 231 Å². The summed E-state index contributed by atoms with van der Waals surface area (Å²) in [6, 6.07) is 10.4. The summed E-state index contributed by atoms with van der Waals surface area (Å²) in [5.74, 6) is 3.71. The number of anilines is 3. The lowest BCUT2D eigenvalue weighted by molar-refractivity contribution is 0.122. The highest BCUT2D eigenvalue weighted by Crippen LogP contribution is 2.41. The Morgan fingerprint density at radius 1 is 1.05 bits per heavy atom. The molecule has 1 aromatic carbocycles. The summed E-state index contributed by atoms with van der Waals surface area (Å²) in [5, 5.41) is 8.15. The quantitative estimate of drug-likeness (QED) is 0.480. The molecule has 2 aromatic rings. The fourth-order valence-corrected chi connectivity index (χ4v) is 6.63. The number of piperidine rings is 1. The van der Waals surface area contributed by atoms with Gasteiger partial charge in [0.05, 0.1) is 13.2 Å². The molecule has 0 radical (unpaired) electrons. The topological polar surface area (TPSA) is 65.6 Å². The van der Waals surface area contributed by atoms with Crippen LogP contribution in [0.4, 0.5) is 17.6 Å². The van der Waals surface area contributed by atoms with E-state index in [0.29, 0.717) is 36.1 Å². The smallest absolute Gasteiger partial charge is 0.232 e. The molecule has 9 heteroatoms. The minimum atomic E-state index is 0.0401. The standard InChI is InChI=1S/C28H39ClN6OS/c1-20-14-21(2)18-35(17-20)25-16-24(34-10-12-36-13-11-34)31-26(32-25)33-27(37)30-19-28(8-3-4-9-28)22-6-5-7-23(29)15-22/h5-7,15-16,20-21H,3-4,8-14,17-19H2,1-2H3,(H2,30,31,32,33,37)/t20-,21-/m0/s1. The fourth-order valence-electron chi connectivity index (χ4n) is 6.28. The number of benzene rings is 1. The second kappa shape index (κ2) is 11.7. The van der Waals surface area contributed by atoms with Gasteiger partial charge in [-0.1, -0.05) is 50.4 Å². The maximum atomic E-state index is 6.34. The van der Waals surface area contributed by atoms with Gasteiger partial charge >= 0.3 is 0 Å². The Hall–Kier alpha value is -2.16. The molecule has 200 valence electrons. The highest BCUT2D eigenvalue weighted by atomic mass is 35.5. The number of halogens is 1. The van der Waals surface area contributed by atoms with E-state index in [0.717, 1.165) is 62.2 Å². The van der Waals surface area contributed by atoms with Crippen LogP contribution in [0.5, 0.6) is 0 Å². The Bertz CT molecular complexity index is 1080. The lowest BCUT2D eigenvalue weighted by Gasteiger charge is -2.36. The highest BCUT2D eigenvalue weighted by Gasteiger charge is 2.36. The van der Waals surface area contributed by atoms with Crippen molar-refractivity contribution in [2.24, 2.45) is 11.8 Å². The van der Waals surface area contributed by atoms with Gasteiger partial charge in [0.2, 0.25) is 5.95 Å². The van der Waals surface area contributed by atoms with Crippen LogP contribution in [-0.2, 0) is 10.2 Å². The molecule has 0 spiro atoms. The van der Waals surface area contributed by atoms with Gasteiger partial charge in [0.25, 0.3) is 0 Å². The van der Waals surface area contributed by atoms with E-state index >= 15 is 0 Å². The van der Waals surface area contributed by atoms with Crippen LogP contribution < -0.4 is 20.4 Å². The first-order chi connectivity index (χ1) is 17.9. The van der Waals surface area contributed by atoms with Crippen molar-refractivity contribution >= 4 is 46.5 Å². The largest absolute Gasteiger partial charge is 0.378 e. The van der Waals surface area contributed by atoms with Crippen molar-refractivity contribution in [3.8, 4) is 0 Å². The van der Waals surface area contributed by atoms with Gasteiger partial charge in [-0.2, -0.15) is 9.97 Å². The van der Waals surface area contributed by atoms with E-state index in [2.05, 4.69) is 52.5 Å². The molecule has 2 N–H and O–H groups in total. The van der Waals surface area contributed by atoms with Crippen LogP contribution in [-0.4, -0.2) is 61.0 Å². The lowest BCUT2D eigenvalue weighted by Crippen LogP contribution is -2.42. The Balaban J connectivity index is 1.33. The van der Waals surface area contributed by atoms with Gasteiger partial charge in [-0.05, 0) is 61.0 Å². The molecule has 37 heavy (non-hydrogen) atoms. The molecule has 3 heterocycles. The first-order valence-corrected chi connectivity index (χ1v) is 14.5. The van der Waals surface area contributed by atoms with Crippen LogP contribution in [0, 0.1) is 11.8 Å². The molecule has 0 amide bonds. The van der Waals surface area contributed by atoms with E-state index < -0.39 is 0 Å². The zero-order valence-electron chi connectivity index (χ0n) is 22.0. The molecule has 1 aromatic heterocycles. The van der Waals surface area contributed by atoms with Crippen LogP contribution in [0.25, 0.3) is 0 Å². The third-order valence-corrected chi connectivity index (χ3v) is 8.52. The molecule has 3 fully saturated rings. The van der Waals surface area contributed by atoms with Crippen molar-refractivity contribution in [1.29, 1.82) is 0 Å². The van der Waals surface area contributed by atoms with Crippen LogP contribution in [0.15, 0.2) is 30.3 Å². The average molecular weight is 543 g/mol. The number of ether oxygens (including phenoxy) is 1. The van der Waals surface area contributed by atoms with Crippen LogP contribution >= 0.6 is 23.8 Å².